The predicted molar refractivity (Wildman–Crippen MR) is 101 cm³/mol. The number of carbonyl (C=O) groups excluding carboxylic acids is 1. The second-order valence-corrected chi connectivity index (χ2v) is 7.38. The number of hydrogen-bond acceptors (Lipinski definition) is 7. The minimum atomic E-state index is -0.0975. The summed E-state index contributed by atoms with van der Waals surface area (Å²) in [4.78, 5) is 25.2. The third-order valence-corrected chi connectivity index (χ3v) is 5.44. The highest BCUT2D eigenvalue weighted by molar-refractivity contribution is 5.92. The standard InChI is InChI=1S/C18H25N7O2/c1-23(2)16-6-17(21-11-20-16)25-8-13-12(10-27-15(13)9-25)7-19-18(26)14-4-5-22-24(14)3/h4-6,11-13,15H,7-10H2,1-3H3,(H,19,26)/t12-,13-,15-/m1/s1. The van der Waals surface area contributed by atoms with Gasteiger partial charge in [-0.3, -0.25) is 9.48 Å². The molecule has 4 heterocycles. The Morgan fingerprint density at radius 3 is 2.96 bits per heavy atom. The number of aryl methyl sites for hydroxylation is 1. The van der Waals surface area contributed by atoms with Crippen LogP contribution in [0.3, 0.4) is 0 Å². The molecule has 9 nitrogen and oxygen atoms in total. The molecule has 2 aromatic rings. The largest absolute Gasteiger partial charge is 0.376 e. The molecule has 144 valence electrons. The molecule has 2 aliphatic rings. The van der Waals surface area contributed by atoms with E-state index in [-0.39, 0.29) is 12.0 Å². The number of aromatic nitrogens is 4. The smallest absolute Gasteiger partial charge is 0.269 e. The molecule has 9 heteroatoms. The fourth-order valence-corrected chi connectivity index (χ4v) is 3.86. The third-order valence-electron chi connectivity index (χ3n) is 5.44. The number of rotatable bonds is 5. The number of carbonyl (C=O) groups is 1. The van der Waals surface area contributed by atoms with Gasteiger partial charge in [0.15, 0.2) is 0 Å². The van der Waals surface area contributed by atoms with Crippen molar-refractivity contribution in [2.75, 3.05) is 50.1 Å². The van der Waals surface area contributed by atoms with Crippen LogP contribution in [0.25, 0.3) is 0 Å². The van der Waals surface area contributed by atoms with E-state index < -0.39 is 0 Å². The highest BCUT2D eigenvalue weighted by Gasteiger charge is 2.44. The van der Waals surface area contributed by atoms with Gasteiger partial charge in [-0.1, -0.05) is 0 Å². The van der Waals surface area contributed by atoms with Crippen molar-refractivity contribution in [3.05, 3.63) is 30.4 Å². The molecule has 0 saturated carbocycles. The first-order valence-electron chi connectivity index (χ1n) is 9.15. The van der Waals surface area contributed by atoms with Gasteiger partial charge >= 0.3 is 0 Å². The number of hydrogen-bond donors (Lipinski definition) is 1. The first-order valence-corrected chi connectivity index (χ1v) is 9.15. The Balaban J connectivity index is 1.38. The van der Waals surface area contributed by atoms with Crippen LogP contribution in [-0.4, -0.2) is 72.1 Å². The van der Waals surface area contributed by atoms with Crippen LogP contribution in [0.15, 0.2) is 24.7 Å². The van der Waals surface area contributed by atoms with Crippen molar-refractivity contribution in [1.82, 2.24) is 25.1 Å². The van der Waals surface area contributed by atoms with Gasteiger partial charge in [0.05, 0.1) is 12.7 Å². The molecule has 0 bridgehead atoms. The summed E-state index contributed by atoms with van der Waals surface area (Å²) < 4.78 is 7.58. The molecule has 27 heavy (non-hydrogen) atoms. The summed E-state index contributed by atoms with van der Waals surface area (Å²) >= 11 is 0. The van der Waals surface area contributed by atoms with Gasteiger partial charge in [-0.25, -0.2) is 9.97 Å². The molecule has 0 aromatic carbocycles. The van der Waals surface area contributed by atoms with Crippen molar-refractivity contribution < 1.29 is 9.53 Å². The molecule has 1 amide bonds. The highest BCUT2D eigenvalue weighted by atomic mass is 16.5. The quantitative estimate of drug-likeness (QED) is 0.801. The molecule has 0 radical (unpaired) electrons. The minimum Gasteiger partial charge on any atom is -0.376 e. The van der Waals surface area contributed by atoms with Gasteiger partial charge in [-0.2, -0.15) is 5.10 Å². The summed E-state index contributed by atoms with van der Waals surface area (Å²) in [7, 11) is 5.70. The lowest BCUT2D eigenvalue weighted by atomic mass is 9.93. The lowest BCUT2D eigenvalue weighted by molar-refractivity contribution is 0.0930. The zero-order chi connectivity index (χ0) is 19.0. The lowest BCUT2D eigenvalue weighted by Crippen LogP contribution is -2.35. The Kier molecular flexibility index (Phi) is 4.69. The third kappa shape index (κ3) is 3.46. The monoisotopic (exact) mass is 371 g/mol. The molecular formula is C18H25N7O2. The van der Waals surface area contributed by atoms with Gasteiger partial charge in [-0.05, 0) is 6.07 Å². The van der Waals surface area contributed by atoms with Crippen molar-refractivity contribution in [2.45, 2.75) is 6.10 Å². The minimum absolute atomic E-state index is 0.0975. The highest BCUT2D eigenvalue weighted by Crippen LogP contribution is 2.35. The number of anilines is 2. The molecule has 3 atom stereocenters. The normalized spacial score (nSPS) is 24.1. The number of amides is 1. The second kappa shape index (κ2) is 7.15. The van der Waals surface area contributed by atoms with Crippen molar-refractivity contribution in [3.8, 4) is 0 Å². The summed E-state index contributed by atoms with van der Waals surface area (Å²) in [5.41, 5.74) is 0.565. The maximum atomic E-state index is 12.3. The Bertz CT molecular complexity index is 822. The summed E-state index contributed by atoms with van der Waals surface area (Å²) in [6.45, 7) is 2.98. The van der Waals surface area contributed by atoms with E-state index in [1.807, 2.05) is 25.1 Å². The van der Waals surface area contributed by atoms with Gasteiger partial charge in [-0.15, -0.1) is 0 Å². The van der Waals surface area contributed by atoms with E-state index in [9.17, 15) is 4.79 Å². The number of nitrogens with one attached hydrogen (secondary N) is 1. The van der Waals surface area contributed by atoms with Crippen molar-refractivity contribution >= 4 is 17.5 Å². The summed E-state index contributed by atoms with van der Waals surface area (Å²) in [5.74, 6) is 2.39. The molecule has 0 unspecified atom stereocenters. The molecule has 4 rings (SSSR count). The van der Waals surface area contributed by atoms with Crippen LogP contribution in [0, 0.1) is 11.8 Å². The van der Waals surface area contributed by atoms with Crippen molar-refractivity contribution in [2.24, 2.45) is 18.9 Å². The fourth-order valence-electron chi connectivity index (χ4n) is 3.86. The maximum Gasteiger partial charge on any atom is 0.269 e. The summed E-state index contributed by atoms with van der Waals surface area (Å²) in [6.07, 6.45) is 3.41. The van der Waals surface area contributed by atoms with E-state index in [0.717, 1.165) is 24.7 Å². The van der Waals surface area contributed by atoms with Gasteiger partial charge in [0.1, 0.15) is 23.7 Å². The fraction of sp³-hybridized carbons (Fsp3) is 0.556. The molecule has 0 aliphatic carbocycles. The number of fused-ring (bicyclic) bond motifs is 1. The van der Waals surface area contributed by atoms with Gasteiger partial charge in [0.2, 0.25) is 0 Å². The SMILES string of the molecule is CN(C)c1cc(N2C[C@@H]3[C@H](CNC(=O)c4ccnn4C)CO[C@@H]3C2)ncn1. The van der Waals surface area contributed by atoms with Gasteiger partial charge in [0, 0.05) is 64.9 Å². The van der Waals surface area contributed by atoms with Crippen LogP contribution in [0.5, 0.6) is 0 Å². The van der Waals surface area contributed by atoms with Crippen molar-refractivity contribution in [3.63, 3.8) is 0 Å². The molecular weight excluding hydrogens is 346 g/mol. The average Bonchev–Trinajstić information content (AvgIpc) is 3.35. The van der Waals surface area contributed by atoms with Gasteiger partial charge < -0.3 is 19.9 Å². The zero-order valence-corrected chi connectivity index (χ0v) is 15.9. The van der Waals surface area contributed by atoms with Gasteiger partial charge in [0.25, 0.3) is 5.91 Å². The molecule has 1 N–H and O–H groups in total. The molecule has 2 aromatic heterocycles. The average molecular weight is 371 g/mol. The van der Waals surface area contributed by atoms with Crippen molar-refractivity contribution in [1.29, 1.82) is 0 Å². The van der Waals surface area contributed by atoms with E-state index in [2.05, 4.69) is 25.3 Å². The first-order chi connectivity index (χ1) is 13.0. The van der Waals surface area contributed by atoms with Crippen LogP contribution in [0.2, 0.25) is 0 Å². The Labute approximate surface area is 158 Å². The van der Waals surface area contributed by atoms with E-state index >= 15 is 0 Å². The maximum absolute atomic E-state index is 12.3. The lowest BCUT2D eigenvalue weighted by Gasteiger charge is -2.22. The molecule has 0 spiro atoms. The zero-order valence-electron chi connectivity index (χ0n) is 15.9. The van der Waals surface area contributed by atoms with Crippen LogP contribution in [-0.2, 0) is 11.8 Å². The van der Waals surface area contributed by atoms with Crippen LogP contribution in [0.4, 0.5) is 11.6 Å². The Hall–Kier alpha value is -2.68. The summed E-state index contributed by atoms with van der Waals surface area (Å²) in [5, 5.41) is 7.07. The van der Waals surface area contributed by atoms with Crippen LogP contribution >= 0.6 is 0 Å². The van der Waals surface area contributed by atoms with E-state index in [0.29, 0.717) is 30.7 Å². The van der Waals surface area contributed by atoms with Crippen LogP contribution < -0.4 is 15.1 Å². The number of nitrogens with zero attached hydrogens (tertiary/aromatic N) is 6. The van der Waals surface area contributed by atoms with E-state index in [4.69, 9.17) is 4.74 Å². The summed E-state index contributed by atoms with van der Waals surface area (Å²) in [6, 6.07) is 3.72. The molecule has 2 aliphatic heterocycles. The second-order valence-electron chi connectivity index (χ2n) is 7.38. The van der Waals surface area contributed by atoms with E-state index in [1.54, 1.807) is 30.3 Å². The first kappa shape index (κ1) is 17.7. The van der Waals surface area contributed by atoms with Crippen LogP contribution in [0.1, 0.15) is 10.5 Å². The number of ether oxygens (including phenoxy) is 1. The predicted octanol–water partition coefficient (Wildman–Crippen LogP) is 0.157. The Morgan fingerprint density at radius 2 is 2.22 bits per heavy atom. The molecule has 2 fully saturated rings. The van der Waals surface area contributed by atoms with E-state index in [1.165, 1.54) is 0 Å². The topological polar surface area (TPSA) is 88.4 Å². The Morgan fingerprint density at radius 1 is 1.37 bits per heavy atom. The molecule has 2 saturated heterocycles.